The van der Waals surface area contributed by atoms with Crippen molar-refractivity contribution in [1.82, 2.24) is 0 Å². The van der Waals surface area contributed by atoms with E-state index in [2.05, 4.69) is 0 Å². The number of hydrogen-bond acceptors (Lipinski definition) is 5. The molecule has 0 unspecified atom stereocenters. The van der Waals surface area contributed by atoms with E-state index in [0.717, 1.165) is 34.6 Å². The normalized spacial score (nSPS) is 18.8. The topological polar surface area (TPSA) is 74.7 Å². The molecule has 1 saturated heterocycles. The highest BCUT2D eigenvalue weighted by Gasteiger charge is 2.36. The lowest BCUT2D eigenvalue weighted by molar-refractivity contribution is -0.124. The number of carbonyl (C=O) groups excluding carboxylic acids is 2. The summed E-state index contributed by atoms with van der Waals surface area (Å²) in [6.07, 6.45) is 2.50. The first-order valence-corrected chi connectivity index (χ1v) is 7.88. The van der Waals surface area contributed by atoms with Crippen LogP contribution in [0, 0.1) is 0 Å². The molecule has 0 bridgehead atoms. The zero-order valence-corrected chi connectivity index (χ0v) is 11.6. The molecule has 1 aromatic rings. The molecule has 2 heterocycles. The lowest BCUT2D eigenvalue weighted by atomic mass is 10.1. The zero-order valence-electron chi connectivity index (χ0n) is 9.97. The van der Waals surface area contributed by atoms with E-state index in [1.54, 1.807) is 0 Å². The van der Waals surface area contributed by atoms with Gasteiger partial charge >= 0.3 is 5.97 Å². The molecule has 5 nitrogen and oxygen atoms in total. The van der Waals surface area contributed by atoms with Crippen molar-refractivity contribution >= 4 is 45.9 Å². The van der Waals surface area contributed by atoms with Crippen LogP contribution in [0.15, 0.2) is 0 Å². The first-order chi connectivity index (χ1) is 9.09. The molecule has 0 atom stereocenters. The van der Waals surface area contributed by atoms with Gasteiger partial charge < -0.3 is 5.11 Å². The molecule has 0 aromatic carbocycles. The number of anilines is 1. The van der Waals surface area contributed by atoms with Crippen molar-refractivity contribution in [2.45, 2.75) is 19.3 Å². The molecule has 7 heteroatoms. The van der Waals surface area contributed by atoms with Gasteiger partial charge in [-0.1, -0.05) is 0 Å². The number of rotatable bonds is 2. The SMILES string of the molecule is O=C(O)c1c(N2C(=O)CSCC2=O)sc2c1CCC2. The van der Waals surface area contributed by atoms with Crippen molar-refractivity contribution in [3.05, 3.63) is 16.0 Å². The lowest BCUT2D eigenvalue weighted by Crippen LogP contribution is -2.43. The summed E-state index contributed by atoms with van der Waals surface area (Å²) in [5, 5.41) is 9.69. The molecule has 1 N–H and O–H groups in total. The van der Waals surface area contributed by atoms with Crippen LogP contribution in [-0.2, 0) is 22.4 Å². The largest absolute Gasteiger partial charge is 0.478 e. The Morgan fingerprint density at radius 3 is 2.47 bits per heavy atom. The van der Waals surface area contributed by atoms with E-state index in [9.17, 15) is 19.5 Å². The van der Waals surface area contributed by atoms with Gasteiger partial charge in [-0.15, -0.1) is 23.1 Å². The number of carbonyl (C=O) groups is 3. The van der Waals surface area contributed by atoms with Gasteiger partial charge in [-0.25, -0.2) is 9.69 Å². The quantitative estimate of drug-likeness (QED) is 0.838. The molecule has 1 aromatic heterocycles. The third-order valence-corrected chi connectivity index (χ3v) is 5.45. The summed E-state index contributed by atoms with van der Waals surface area (Å²) in [4.78, 5) is 37.3. The van der Waals surface area contributed by atoms with Crippen LogP contribution < -0.4 is 4.90 Å². The minimum absolute atomic E-state index is 0.158. The monoisotopic (exact) mass is 297 g/mol. The zero-order chi connectivity index (χ0) is 13.6. The van der Waals surface area contributed by atoms with Crippen molar-refractivity contribution < 1.29 is 19.5 Å². The van der Waals surface area contributed by atoms with Crippen LogP contribution in [-0.4, -0.2) is 34.4 Å². The number of fused-ring (bicyclic) bond motifs is 1. The average Bonchev–Trinajstić information content (AvgIpc) is 2.87. The predicted molar refractivity (Wildman–Crippen MR) is 73.1 cm³/mol. The lowest BCUT2D eigenvalue weighted by Gasteiger charge is -2.23. The van der Waals surface area contributed by atoms with Gasteiger partial charge in [0.05, 0.1) is 17.1 Å². The van der Waals surface area contributed by atoms with Gasteiger partial charge in [0, 0.05) is 4.88 Å². The maximum Gasteiger partial charge on any atom is 0.339 e. The summed E-state index contributed by atoms with van der Waals surface area (Å²) in [6, 6.07) is 0. The standard InChI is InChI=1S/C12H11NO4S2/c14-8-4-18-5-9(15)13(8)11-10(12(16)17)6-2-1-3-7(6)19-11/h1-5H2,(H,16,17). The van der Waals surface area contributed by atoms with Gasteiger partial charge in [-0.2, -0.15) is 0 Å². The Morgan fingerprint density at radius 2 is 1.84 bits per heavy atom. The number of imide groups is 1. The number of aromatic carboxylic acids is 1. The Morgan fingerprint density at radius 1 is 1.16 bits per heavy atom. The highest BCUT2D eigenvalue weighted by atomic mass is 32.2. The van der Waals surface area contributed by atoms with Crippen LogP contribution in [0.2, 0.25) is 0 Å². The molecule has 0 radical (unpaired) electrons. The van der Waals surface area contributed by atoms with Crippen molar-refractivity contribution in [3.63, 3.8) is 0 Å². The van der Waals surface area contributed by atoms with Gasteiger partial charge in [0.2, 0.25) is 11.8 Å². The highest BCUT2D eigenvalue weighted by Crippen LogP contribution is 2.42. The van der Waals surface area contributed by atoms with E-state index < -0.39 is 5.97 Å². The Kier molecular flexibility index (Phi) is 3.10. The Labute approximate surface area is 117 Å². The summed E-state index contributed by atoms with van der Waals surface area (Å²) < 4.78 is 0. The van der Waals surface area contributed by atoms with E-state index in [1.165, 1.54) is 23.1 Å². The Hall–Kier alpha value is -1.34. The molecule has 1 fully saturated rings. The summed E-state index contributed by atoms with van der Waals surface area (Å²) in [6.45, 7) is 0. The molecule has 2 aliphatic rings. The second kappa shape index (κ2) is 4.64. The maximum absolute atomic E-state index is 11.9. The number of nitrogens with zero attached hydrogens (tertiary/aromatic N) is 1. The molecule has 1 aliphatic heterocycles. The highest BCUT2D eigenvalue weighted by molar-refractivity contribution is 8.00. The molecule has 1 aliphatic carbocycles. The van der Waals surface area contributed by atoms with Gasteiger partial charge in [0.1, 0.15) is 5.00 Å². The number of carboxylic acid groups (broad SMARTS) is 1. The number of hydrogen-bond donors (Lipinski definition) is 1. The van der Waals surface area contributed by atoms with Crippen LogP contribution in [0.25, 0.3) is 0 Å². The van der Waals surface area contributed by atoms with Crippen LogP contribution in [0.4, 0.5) is 5.00 Å². The number of thioether (sulfide) groups is 1. The fourth-order valence-electron chi connectivity index (χ4n) is 2.49. The van der Waals surface area contributed by atoms with Crippen LogP contribution in [0.5, 0.6) is 0 Å². The van der Waals surface area contributed by atoms with E-state index in [1.807, 2.05) is 0 Å². The summed E-state index contributed by atoms with van der Waals surface area (Å²) in [5.74, 6) is -1.22. The second-order valence-corrected chi connectivity index (χ2v) is 6.53. The van der Waals surface area contributed by atoms with E-state index in [-0.39, 0.29) is 28.9 Å². The van der Waals surface area contributed by atoms with Gasteiger partial charge in [0.15, 0.2) is 0 Å². The van der Waals surface area contributed by atoms with E-state index in [4.69, 9.17) is 0 Å². The van der Waals surface area contributed by atoms with Crippen molar-refractivity contribution in [2.24, 2.45) is 0 Å². The second-order valence-electron chi connectivity index (χ2n) is 4.46. The summed E-state index contributed by atoms with van der Waals surface area (Å²) >= 11 is 2.56. The van der Waals surface area contributed by atoms with Crippen molar-refractivity contribution in [3.8, 4) is 0 Å². The molecule has 100 valence electrons. The van der Waals surface area contributed by atoms with Crippen LogP contribution in [0.3, 0.4) is 0 Å². The average molecular weight is 297 g/mol. The number of amides is 2. The van der Waals surface area contributed by atoms with Crippen molar-refractivity contribution in [2.75, 3.05) is 16.4 Å². The molecule has 2 amide bonds. The van der Waals surface area contributed by atoms with Crippen molar-refractivity contribution in [1.29, 1.82) is 0 Å². The molecule has 19 heavy (non-hydrogen) atoms. The first-order valence-electron chi connectivity index (χ1n) is 5.91. The fraction of sp³-hybridized carbons (Fsp3) is 0.417. The molecular formula is C12H11NO4S2. The van der Waals surface area contributed by atoms with Gasteiger partial charge in [0.25, 0.3) is 0 Å². The van der Waals surface area contributed by atoms with Crippen LogP contribution in [0.1, 0.15) is 27.2 Å². The predicted octanol–water partition coefficient (Wildman–Crippen LogP) is 1.54. The smallest absolute Gasteiger partial charge is 0.339 e. The minimum atomic E-state index is -1.05. The van der Waals surface area contributed by atoms with E-state index in [0.29, 0.717) is 5.00 Å². The summed E-state index contributed by atoms with van der Waals surface area (Å²) in [5.41, 5.74) is 0.970. The van der Waals surface area contributed by atoms with Crippen LogP contribution >= 0.6 is 23.1 Å². The third-order valence-electron chi connectivity index (χ3n) is 3.27. The first kappa shape index (κ1) is 12.7. The summed E-state index contributed by atoms with van der Waals surface area (Å²) in [7, 11) is 0. The Bertz CT molecular complexity index is 577. The molecule has 3 rings (SSSR count). The Balaban J connectivity index is 2.12. The van der Waals surface area contributed by atoms with Gasteiger partial charge in [-0.05, 0) is 24.8 Å². The minimum Gasteiger partial charge on any atom is -0.478 e. The maximum atomic E-state index is 11.9. The number of thiophene rings is 1. The third kappa shape index (κ3) is 1.97. The number of aryl methyl sites for hydroxylation is 1. The molecule has 0 spiro atoms. The fourth-order valence-corrected chi connectivity index (χ4v) is 4.61. The van der Waals surface area contributed by atoms with E-state index >= 15 is 0 Å². The number of carboxylic acids is 1. The van der Waals surface area contributed by atoms with Gasteiger partial charge in [-0.3, -0.25) is 9.59 Å². The molecular weight excluding hydrogens is 286 g/mol. The molecule has 0 saturated carbocycles.